The molecule has 1 aromatic rings. The van der Waals surface area contributed by atoms with Gasteiger partial charge in [-0.15, -0.1) is 0 Å². The van der Waals surface area contributed by atoms with Crippen LogP contribution in [-0.4, -0.2) is 23.8 Å². The number of aliphatic hydroxyl groups excluding tert-OH is 1. The van der Waals surface area contributed by atoms with E-state index in [1.807, 2.05) is 0 Å². The zero-order valence-corrected chi connectivity index (χ0v) is 12.7. The zero-order chi connectivity index (χ0) is 14.2. The van der Waals surface area contributed by atoms with Crippen molar-refractivity contribution in [2.45, 2.75) is 56.6 Å². The van der Waals surface area contributed by atoms with Crippen LogP contribution >= 0.6 is 0 Å². The number of fused-ring (bicyclic) bond motifs is 1. The van der Waals surface area contributed by atoms with E-state index in [4.69, 9.17) is 0 Å². The van der Waals surface area contributed by atoms with Gasteiger partial charge in [0.15, 0.2) is 0 Å². The van der Waals surface area contributed by atoms with Gasteiger partial charge in [-0.1, -0.05) is 36.8 Å². The summed E-state index contributed by atoms with van der Waals surface area (Å²) in [4.78, 5) is 0. The van der Waals surface area contributed by atoms with Crippen LogP contribution in [0.1, 0.15) is 50.0 Å². The number of rotatable bonds is 2. The van der Waals surface area contributed by atoms with Crippen molar-refractivity contribution < 1.29 is 5.11 Å². The molecule has 3 fully saturated rings. The Kier molecular flexibility index (Phi) is 3.76. The predicted octanol–water partition coefficient (Wildman–Crippen LogP) is 3.32. The van der Waals surface area contributed by atoms with Gasteiger partial charge in [-0.3, -0.25) is 0 Å². The first-order valence-corrected chi connectivity index (χ1v) is 8.79. The van der Waals surface area contributed by atoms with E-state index in [-0.39, 0.29) is 6.10 Å². The summed E-state index contributed by atoms with van der Waals surface area (Å²) in [6.07, 6.45) is 7.36. The van der Waals surface area contributed by atoms with Crippen molar-refractivity contribution in [1.29, 1.82) is 0 Å². The first-order valence-electron chi connectivity index (χ1n) is 8.79. The smallest absolute Gasteiger partial charge is 0.0583 e. The molecule has 2 aliphatic carbocycles. The quantitative estimate of drug-likeness (QED) is 0.873. The van der Waals surface area contributed by atoms with Crippen LogP contribution in [-0.2, 0) is 0 Å². The molecule has 2 heteroatoms. The van der Waals surface area contributed by atoms with Crippen molar-refractivity contribution in [1.82, 2.24) is 5.32 Å². The number of hydrogen-bond acceptors (Lipinski definition) is 2. The topological polar surface area (TPSA) is 32.3 Å². The standard InChI is InChI=1S/C19H27NO/c21-18-10-9-14(13-5-2-1-3-6-13)11-17(18)19-16-8-4-7-15(16)12-20-19/h1-3,5-6,14-21H,4,7-12H2. The molecule has 4 rings (SSSR count). The molecule has 0 radical (unpaired) electrons. The molecule has 1 aliphatic heterocycles. The van der Waals surface area contributed by atoms with E-state index in [0.717, 1.165) is 31.1 Å². The van der Waals surface area contributed by atoms with Gasteiger partial charge in [-0.2, -0.15) is 0 Å². The van der Waals surface area contributed by atoms with Gasteiger partial charge < -0.3 is 10.4 Å². The largest absolute Gasteiger partial charge is 0.393 e. The summed E-state index contributed by atoms with van der Waals surface area (Å²) < 4.78 is 0. The van der Waals surface area contributed by atoms with Gasteiger partial charge in [0.1, 0.15) is 0 Å². The number of nitrogens with one attached hydrogen (secondary N) is 1. The second-order valence-electron chi connectivity index (χ2n) is 7.44. The average Bonchev–Trinajstić information content (AvgIpc) is 3.12. The Morgan fingerprint density at radius 3 is 2.67 bits per heavy atom. The van der Waals surface area contributed by atoms with Gasteiger partial charge >= 0.3 is 0 Å². The molecule has 0 aromatic heterocycles. The minimum atomic E-state index is -0.0955. The maximum absolute atomic E-state index is 10.6. The fraction of sp³-hybridized carbons (Fsp3) is 0.684. The minimum absolute atomic E-state index is 0.0955. The van der Waals surface area contributed by atoms with Crippen molar-refractivity contribution in [3.05, 3.63) is 35.9 Å². The molecule has 2 nitrogen and oxygen atoms in total. The SMILES string of the molecule is OC1CCC(c2ccccc2)CC1C1NCC2CCCC21. The van der Waals surface area contributed by atoms with Crippen LogP contribution in [0.5, 0.6) is 0 Å². The summed E-state index contributed by atoms with van der Waals surface area (Å²) in [5.41, 5.74) is 1.47. The summed E-state index contributed by atoms with van der Waals surface area (Å²) >= 11 is 0. The van der Waals surface area contributed by atoms with E-state index >= 15 is 0 Å². The zero-order valence-electron chi connectivity index (χ0n) is 12.7. The lowest BCUT2D eigenvalue weighted by Crippen LogP contribution is -2.44. The molecule has 0 amide bonds. The molecule has 0 bridgehead atoms. The van der Waals surface area contributed by atoms with E-state index in [0.29, 0.717) is 17.9 Å². The predicted molar refractivity (Wildman–Crippen MR) is 85.2 cm³/mol. The normalized spacial score (nSPS) is 42.9. The summed E-state index contributed by atoms with van der Waals surface area (Å²) in [5.74, 6) is 2.82. The molecule has 2 saturated carbocycles. The number of hydrogen-bond donors (Lipinski definition) is 2. The fourth-order valence-electron chi connectivity index (χ4n) is 5.30. The van der Waals surface area contributed by atoms with Crippen molar-refractivity contribution in [2.24, 2.45) is 17.8 Å². The van der Waals surface area contributed by atoms with E-state index in [2.05, 4.69) is 35.6 Å². The Morgan fingerprint density at radius 1 is 0.952 bits per heavy atom. The van der Waals surface area contributed by atoms with Crippen molar-refractivity contribution in [3.63, 3.8) is 0 Å². The van der Waals surface area contributed by atoms with Gasteiger partial charge in [-0.25, -0.2) is 0 Å². The first kappa shape index (κ1) is 13.8. The molecule has 6 unspecified atom stereocenters. The molecular formula is C19H27NO. The molecule has 3 aliphatic rings. The van der Waals surface area contributed by atoms with Crippen LogP contribution in [0.3, 0.4) is 0 Å². The summed E-state index contributed by atoms with van der Waals surface area (Å²) in [5, 5.41) is 14.3. The van der Waals surface area contributed by atoms with Crippen LogP contribution in [0.4, 0.5) is 0 Å². The maximum Gasteiger partial charge on any atom is 0.0583 e. The van der Waals surface area contributed by atoms with Crippen LogP contribution in [0, 0.1) is 17.8 Å². The Bertz CT molecular complexity index is 474. The van der Waals surface area contributed by atoms with Crippen LogP contribution in [0.2, 0.25) is 0 Å². The Balaban J connectivity index is 1.51. The second kappa shape index (κ2) is 5.73. The van der Waals surface area contributed by atoms with Crippen molar-refractivity contribution in [2.75, 3.05) is 6.54 Å². The van der Waals surface area contributed by atoms with E-state index in [1.165, 1.54) is 31.4 Å². The molecule has 1 aromatic carbocycles. The highest BCUT2D eigenvalue weighted by molar-refractivity contribution is 5.21. The highest BCUT2D eigenvalue weighted by atomic mass is 16.3. The summed E-state index contributed by atoms with van der Waals surface area (Å²) in [6.45, 7) is 1.19. The molecule has 114 valence electrons. The molecule has 0 spiro atoms. The Morgan fingerprint density at radius 2 is 1.81 bits per heavy atom. The van der Waals surface area contributed by atoms with Crippen molar-refractivity contribution in [3.8, 4) is 0 Å². The van der Waals surface area contributed by atoms with Gasteiger partial charge in [0, 0.05) is 12.0 Å². The molecule has 1 saturated heterocycles. The van der Waals surface area contributed by atoms with Gasteiger partial charge in [0.05, 0.1) is 6.10 Å². The lowest BCUT2D eigenvalue weighted by Gasteiger charge is -2.39. The fourth-order valence-corrected chi connectivity index (χ4v) is 5.30. The number of benzene rings is 1. The minimum Gasteiger partial charge on any atom is -0.393 e. The van der Waals surface area contributed by atoms with Gasteiger partial charge in [-0.05, 0) is 62.0 Å². The van der Waals surface area contributed by atoms with Crippen LogP contribution in [0.25, 0.3) is 0 Å². The van der Waals surface area contributed by atoms with Gasteiger partial charge in [0.2, 0.25) is 0 Å². The van der Waals surface area contributed by atoms with Crippen molar-refractivity contribution >= 4 is 0 Å². The molecular weight excluding hydrogens is 258 g/mol. The van der Waals surface area contributed by atoms with Crippen LogP contribution < -0.4 is 5.32 Å². The maximum atomic E-state index is 10.6. The molecule has 21 heavy (non-hydrogen) atoms. The Hall–Kier alpha value is -0.860. The lowest BCUT2D eigenvalue weighted by molar-refractivity contribution is 0.0343. The third kappa shape index (κ3) is 2.53. The third-order valence-electron chi connectivity index (χ3n) is 6.39. The average molecular weight is 285 g/mol. The highest BCUT2D eigenvalue weighted by Gasteiger charge is 2.46. The van der Waals surface area contributed by atoms with Gasteiger partial charge in [0.25, 0.3) is 0 Å². The first-order chi connectivity index (χ1) is 10.3. The summed E-state index contributed by atoms with van der Waals surface area (Å²) in [6, 6.07) is 11.5. The molecule has 6 atom stereocenters. The highest BCUT2D eigenvalue weighted by Crippen LogP contribution is 2.46. The molecule has 1 heterocycles. The Labute approximate surface area is 128 Å². The second-order valence-corrected chi connectivity index (χ2v) is 7.44. The lowest BCUT2D eigenvalue weighted by atomic mass is 9.70. The number of aliphatic hydroxyl groups is 1. The van der Waals surface area contributed by atoms with E-state index in [1.54, 1.807) is 0 Å². The van der Waals surface area contributed by atoms with E-state index < -0.39 is 0 Å². The summed E-state index contributed by atoms with van der Waals surface area (Å²) in [7, 11) is 0. The van der Waals surface area contributed by atoms with Crippen LogP contribution in [0.15, 0.2) is 30.3 Å². The third-order valence-corrected chi connectivity index (χ3v) is 6.39. The van der Waals surface area contributed by atoms with E-state index in [9.17, 15) is 5.11 Å². The monoisotopic (exact) mass is 285 g/mol. The molecule has 2 N–H and O–H groups in total.